The quantitative estimate of drug-likeness (QED) is 0.787. The Bertz CT molecular complexity index is 412. The zero-order valence-corrected chi connectivity index (χ0v) is 12.4. The van der Waals surface area contributed by atoms with Crippen LogP contribution in [0.4, 0.5) is 0 Å². The Morgan fingerprint density at radius 3 is 2.85 bits per heavy atom. The molecular weight excluding hydrogens is 246 g/mol. The van der Waals surface area contributed by atoms with Gasteiger partial charge in [-0.3, -0.25) is 0 Å². The number of ether oxygens (including phenoxy) is 1. The normalized spacial score (nSPS) is 22.5. The summed E-state index contributed by atoms with van der Waals surface area (Å²) in [5, 5.41) is 3.66. The van der Waals surface area contributed by atoms with Gasteiger partial charge in [0.15, 0.2) is 0 Å². The summed E-state index contributed by atoms with van der Waals surface area (Å²) in [7, 11) is 0. The highest BCUT2D eigenvalue weighted by molar-refractivity contribution is 5.37. The highest BCUT2D eigenvalue weighted by Crippen LogP contribution is 2.32. The molecule has 1 heterocycles. The average molecular weight is 273 g/mol. The highest BCUT2D eigenvalue weighted by Gasteiger charge is 2.20. The van der Waals surface area contributed by atoms with Gasteiger partial charge in [-0.05, 0) is 43.4 Å². The smallest absolute Gasteiger partial charge is 0.122 e. The van der Waals surface area contributed by atoms with E-state index in [0.717, 1.165) is 31.2 Å². The summed E-state index contributed by atoms with van der Waals surface area (Å²) < 4.78 is 5.72. The van der Waals surface area contributed by atoms with E-state index < -0.39 is 0 Å². The van der Waals surface area contributed by atoms with E-state index in [0.29, 0.717) is 5.92 Å². The number of rotatable bonds is 6. The van der Waals surface area contributed by atoms with Crippen LogP contribution in [0.1, 0.15) is 56.4 Å². The van der Waals surface area contributed by atoms with Crippen molar-refractivity contribution in [3.8, 4) is 5.75 Å². The van der Waals surface area contributed by atoms with Crippen molar-refractivity contribution in [2.45, 2.75) is 50.9 Å². The lowest BCUT2D eigenvalue weighted by atomic mass is 9.93. The summed E-state index contributed by atoms with van der Waals surface area (Å²) in [5.41, 5.74) is 1.39. The lowest BCUT2D eigenvalue weighted by Gasteiger charge is -2.26. The molecule has 1 aliphatic carbocycles. The van der Waals surface area contributed by atoms with Gasteiger partial charge in [-0.25, -0.2) is 0 Å². The lowest BCUT2D eigenvalue weighted by Crippen LogP contribution is -2.26. The van der Waals surface area contributed by atoms with Gasteiger partial charge in [-0.2, -0.15) is 0 Å². The van der Waals surface area contributed by atoms with Gasteiger partial charge in [0.05, 0.1) is 6.61 Å². The van der Waals surface area contributed by atoms with Crippen molar-refractivity contribution in [3.63, 3.8) is 0 Å². The molecule has 0 spiro atoms. The number of para-hydroxylation sites is 1. The molecule has 1 aromatic rings. The zero-order chi connectivity index (χ0) is 13.6. The summed E-state index contributed by atoms with van der Waals surface area (Å²) in [6, 6.07) is 8.51. The van der Waals surface area contributed by atoms with E-state index in [-0.39, 0.29) is 0 Å². The van der Waals surface area contributed by atoms with Gasteiger partial charge in [0, 0.05) is 12.5 Å². The van der Waals surface area contributed by atoms with Crippen molar-refractivity contribution in [1.29, 1.82) is 0 Å². The molecule has 1 aromatic carbocycles. The first-order chi connectivity index (χ1) is 9.93. The Morgan fingerprint density at radius 1 is 1.10 bits per heavy atom. The highest BCUT2D eigenvalue weighted by atomic mass is 16.5. The van der Waals surface area contributed by atoms with E-state index in [9.17, 15) is 0 Å². The maximum atomic E-state index is 5.72. The van der Waals surface area contributed by atoms with Crippen molar-refractivity contribution in [1.82, 2.24) is 5.32 Å². The van der Waals surface area contributed by atoms with Gasteiger partial charge in [0.25, 0.3) is 0 Å². The summed E-state index contributed by atoms with van der Waals surface area (Å²) >= 11 is 0. The second-order valence-corrected chi connectivity index (χ2v) is 6.37. The molecule has 1 saturated carbocycles. The number of benzene rings is 1. The van der Waals surface area contributed by atoms with Crippen LogP contribution in [0.3, 0.4) is 0 Å². The first kappa shape index (κ1) is 13.9. The van der Waals surface area contributed by atoms with Gasteiger partial charge in [0.2, 0.25) is 0 Å². The van der Waals surface area contributed by atoms with E-state index in [1.165, 1.54) is 50.6 Å². The maximum absolute atomic E-state index is 5.72. The molecule has 0 amide bonds. The lowest BCUT2D eigenvalue weighted by molar-refractivity contribution is 0.264. The van der Waals surface area contributed by atoms with Crippen molar-refractivity contribution in [2.75, 3.05) is 19.7 Å². The molecule has 1 unspecified atom stereocenters. The minimum Gasteiger partial charge on any atom is -0.493 e. The van der Waals surface area contributed by atoms with E-state index in [1.807, 2.05) is 0 Å². The molecule has 2 heteroatoms. The third kappa shape index (κ3) is 3.54. The Morgan fingerprint density at radius 2 is 1.95 bits per heavy atom. The maximum Gasteiger partial charge on any atom is 0.122 e. The van der Waals surface area contributed by atoms with Crippen molar-refractivity contribution in [2.24, 2.45) is 5.92 Å². The molecule has 2 aliphatic rings. The molecule has 0 radical (unpaired) electrons. The first-order valence-corrected chi connectivity index (χ1v) is 8.36. The molecule has 0 bridgehead atoms. The summed E-state index contributed by atoms with van der Waals surface area (Å²) in [4.78, 5) is 0. The van der Waals surface area contributed by atoms with Crippen LogP contribution in [-0.2, 0) is 0 Å². The fraction of sp³-hybridized carbons (Fsp3) is 0.667. The summed E-state index contributed by atoms with van der Waals surface area (Å²) in [6.07, 6.45) is 9.81. The zero-order valence-electron chi connectivity index (χ0n) is 12.4. The van der Waals surface area contributed by atoms with E-state index >= 15 is 0 Å². The average Bonchev–Trinajstić information content (AvgIpc) is 3.00. The van der Waals surface area contributed by atoms with E-state index in [1.54, 1.807) is 0 Å². The van der Waals surface area contributed by atoms with Crippen LogP contribution in [0.15, 0.2) is 24.3 Å². The first-order valence-electron chi connectivity index (χ1n) is 8.36. The van der Waals surface area contributed by atoms with Crippen LogP contribution >= 0.6 is 0 Å². The largest absolute Gasteiger partial charge is 0.493 e. The molecule has 20 heavy (non-hydrogen) atoms. The van der Waals surface area contributed by atoms with Crippen LogP contribution < -0.4 is 10.1 Å². The predicted molar refractivity (Wildman–Crippen MR) is 83.4 cm³/mol. The Balaban J connectivity index is 1.38. The molecule has 0 aromatic heterocycles. The molecule has 1 fully saturated rings. The number of hydrogen-bond acceptors (Lipinski definition) is 2. The molecule has 1 atom stereocenters. The molecule has 3 rings (SSSR count). The summed E-state index contributed by atoms with van der Waals surface area (Å²) in [5.74, 6) is 2.75. The van der Waals surface area contributed by atoms with Gasteiger partial charge in [0.1, 0.15) is 5.75 Å². The molecule has 110 valence electrons. The Hall–Kier alpha value is -1.02. The third-order valence-electron chi connectivity index (χ3n) is 4.91. The number of hydrogen-bond donors (Lipinski definition) is 1. The van der Waals surface area contributed by atoms with E-state index in [4.69, 9.17) is 4.74 Å². The van der Waals surface area contributed by atoms with Gasteiger partial charge < -0.3 is 10.1 Å². The Labute approximate surface area is 122 Å². The third-order valence-corrected chi connectivity index (χ3v) is 4.91. The fourth-order valence-electron chi connectivity index (χ4n) is 3.72. The monoisotopic (exact) mass is 273 g/mol. The van der Waals surface area contributed by atoms with E-state index in [2.05, 4.69) is 29.6 Å². The van der Waals surface area contributed by atoms with Crippen LogP contribution in [0, 0.1) is 5.92 Å². The van der Waals surface area contributed by atoms with Crippen molar-refractivity contribution >= 4 is 0 Å². The number of nitrogens with one attached hydrogen (secondary N) is 1. The minimum absolute atomic E-state index is 0.631. The predicted octanol–water partition coefficient (Wildman–Crippen LogP) is 4.11. The summed E-state index contributed by atoms with van der Waals surface area (Å²) in [6.45, 7) is 3.15. The fourth-order valence-corrected chi connectivity index (χ4v) is 3.72. The Kier molecular flexibility index (Phi) is 4.96. The van der Waals surface area contributed by atoms with Crippen LogP contribution in [0.5, 0.6) is 5.75 Å². The van der Waals surface area contributed by atoms with Gasteiger partial charge in [-0.1, -0.05) is 43.9 Å². The van der Waals surface area contributed by atoms with Crippen LogP contribution in [-0.4, -0.2) is 19.7 Å². The van der Waals surface area contributed by atoms with Gasteiger partial charge in [-0.15, -0.1) is 0 Å². The number of fused-ring (bicyclic) bond motifs is 1. The SMILES string of the molecule is c1ccc2c(c1)OCCC2CNCCCC1CCCC1. The standard InChI is InChI=1S/C18H27NO/c1-2-7-15(6-1)8-5-12-19-14-16-11-13-20-18-10-4-3-9-17(16)18/h3-4,9-10,15-16,19H,1-2,5-8,11-14H2. The molecule has 1 N–H and O–H groups in total. The second-order valence-electron chi connectivity index (χ2n) is 6.37. The molecule has 0 saturated heterocycles. The van der Waals surface area contributed by atoms with Crippen molar-refractivity contribution in [3.05, 3.63) is 29.8 Å². The minimum atomic E-state index is 0.631. The van der Waals surface area contributed by atoms with Gasteiger partial charge >= 0.3 is 0 Å². The molecular formula is C18H27NO. The topological polar surface area (TPSA) is 21.3 Å². The van der Waals surface area contributed by atoms with Crippen LogP contribution in [0.25, 0.3) is 0 Å². The second kappa shape index (κ2) is 7.12. The molecule has 2 nitrogen and oxygen atoms in total. The van der Waals surface area contributed by atoms with Crippen molar-refractivity contribution < 1.29 is 4.74 Å². The van der Waals surface area contributed by atoms with Crippen LogP contribution in [0.2, 0.25) is 0 Å². The molecule has 1 aliphatic heterocycles.